The van der Waals surface area contributed by atoms with Gasteiger partial charge >= 0.3 is 6.03 Å². The zero-order valence-electron chi connectivity index (χ0n) is 13.3. The van der Waals surface area contributed by atoms with E-state index >= 15 is 0 Å². The second-order valence-electron chi connectivity index (χ2n) is 5.36. The Labute approximate surface area is 134 Å². The topological polar surface area (TPSA) is 85.2 Å². The van der Waals surface area contributed by atoms with Gasteiger partial charge in [0.2, 0.25) is 5.88 Å². The van der Waals surface area contributed by atoms with Crippen molar-refractivity contribution in [1.82, 2.24) is 24.6 Å². The minimum atomic E-state index is -0.241. The number of amides is 2. The van der Waals surface area contributed by atoms with E-state index in [4.69, 9.17) is 4.74 Å². The molecule has 0 spiro atoms. The summed E-state index contributed by atoms with van der Waals surface area (Å²) in [4.78, 5) is 18.1. The van der Waals surface area contributed by atoms with Crippen LogP contribution in [0.4, 0.5) is 10.5 Å². The zero-order chi connectivity index (χ0) is 16.2. The maximum atomic E-state index is 12.4. The summed E-state index contributed by atoms with van der Waals surface area (Å²) in [6.07, 6.45) is 3.67. The van der Waals surface area contributed by atoms with Gasteiger partial charge in [-0.15, -0.1) is 10.2 Å². The first-order chi connectivity index (χ1) is 11.2. The van der Waals surface area contributed by atoms with E-state index in [0.717, 1.165) is 31.0 Å². The van der Waals surface area contributed by atoms with Crippen molar-refractivity contribution in [3.63, 3.8) is 0 Å². The van der Waals surface area contributed by atoms with Crippen molar-refractivity contribution in [2.75, 3.05) is 19.0 Å². The molecule has 23 heavy (non-hydrogen) atoms. The summed E-state index contributed by atoms with van der Waals surface area (Å²) < 4.78 is 7.50. The molecule has 8 heteroatoms. The van der Waals surface area contributed by atoms with Crippen LogP contribution in [-0.2, 0) is 19.5 Å². The average molecular weight is 316 g/mol. The minimum absolute atomic E-state index is 0.241. The van der Waals surface area contributed by atoms with E-state index in [-0.39, 0.29) is 6.03 Å². The van der Waals surface area contributed by atoms with Gasteiger partial charge in [0, 0.05) is 26.2 Å². The van der Waals surface area contributed by atoms with Crippen LogP contribution in [0.1, 0.15) is 25.0 Å². The monoisotopic (exact) mass is 316 g/mol. The summed E-state index contributed by atoms with van der Waals surface area (Å²) in [7, 11) is 1.72. The second kappa shape index (κ2) is 6.64. The third kappa shape index (κ3) is 3.25. The highest BCUT2D eigenvalue weighted by molar-refractivity contribution is 5.90. The predicted octanol–water partition coefficient (Wildman–Crippen LogP) is 1.68. The van der Waals surface area contributed by atoms with Gasteiger partial charge in [-0.05, 0) is 25.5 Å². The molecule has 2 aromatic heterocycles. The Morgan fingerprint density at radius 1 is 1.48 bits per heavy atom. The van der Waals surface area contributed by atoms with Crippen molar-refractivity contribution in [2.45, 2.75) is 32.9 Å². The number of nitrogens with zero attached hydrogens (tertiary/aromatic N) is 5. The SMILES string of the molecule is CCOc1ncccc1NC(=O)N(C)Cc1nnc2n1CCC2. The van der Waals surface area contributed by atoms with Crippen molar-refractivity contribution in [3.05, 3.63) is 30.0 Å². The number of anilines is 1. The molecular formula is C15H20N6O2. The summed E-state index contributed by atoms with van der Waals surface area (Å²) in [5, 5.41) is 11.1. The van der Waals surface area contributed by atoms with E-state index in [1.807, 2.05) is 6.92 Å². The molecule has 0 radical (unpaired) electrons. The van der Waals surface area contributed by atoms with Crippen LogP contribution in [0.25, 0.3) is 0 Å². The molecule has 2 aromatic rings. The average Bonchev–Trinajstić information content (AvgIpc) is 3.14. The first-order valence-corrected chi connectivity index (χ1v) is 7.70. The molecule has 0 saturated heterocycles. The Kier molecular flexibility index (Phi) is 4.40. The molecular weight excluding hydrogens is 296 g/mol. The highest BCUT2D eigenvalue weighted by atomic mass is 16.5. The van der Waals surface area contributed by atoms with Crippen LogP contribution in [0.5, 0.6) is 5.88 Å². The molecule has 0 aliphatic carbocycles. The normalized spacial score (nSPS) is 12.8. The Bertz CT molecular complexity index is 699. The van der Waals surface area contributed by atoms with Gasteiger partial charge in [0.25, 0.3) is 0 Å². The Balaban J connectivity index is 1.66. The summed E-state index contributed by atoms with van der Waals surface area (Å²) >= 11 is 0. The number of nitrogens with one attached hydrogen (secondary N) is 1. The lowest BCUT2D eigenvalue weighted by Crippen LogP contribution is -2.32. The lowest BCUT2D eigenvalue weighted by Gasteiger charge is -2.18. The number of ether oxygens (including phenoxy) is 1. The standard InChI is InChI=1S/C15H20N6O2/c1-3-23-14-11(6-4-8-16-14)17-15(22)20(2)10-13-19-18-12-7-5-9-21(12)13/h4,6,8H,3,5,7,9-10H2,1-2H3,(H,17,22). The van der Waals surface area contributed by atoms with Crippen LogP contribution in [0.2, 0.25) is 0 Å². The first-order valence-electron chi connectivity index (χ1n) is 7.70. The fraction of sp³-hybridized carbons (Fsp3) is 0.467. The Hall–Kier alpha value is -2.64. The molecule has 0 atom stereocenters. The van der Waals surface area contributed by atoms with E-state index in [2.05, 4.69) is 25.1 Å². The second-order valence-corrected chi connectivity index (χ2v) is 5.36. The smallest absolute Gasteiger partial charge is 0.322 e. The highest BCUT2D eigenvalue weighted by Crippen LogP contribution is 2.21. The van der Waals surface area contributed by atoms with Crippen molar-refractivity contribution in [1.29, 1.82) is 0 Å². The van der Waals surface area contributed by atoms with Gasteiger partial charge in [-0.3, -0.25) is 0 Å². The molecule has 0 fully saturated rings. The van der Waals surface area contributed by atoms with E-state index in [0.29, 0.717) is 24.7 Å². The molecule has 1 aliphatic rings. The third-order valence-corrected chi connectivity index (χ3v) is 3.71. The van der Waals surface area contributed by atoms with Gasteiger partial charge in [0.1, 0.15) is 11.5 Å². The van der Waals surface area contributed by atoms with E-state index in [9.17, 15) is 4.79 Å². The van der Waals surface area contributed by atoms with E-state index < -0.39 is 0 Å². The van der Waals surface area contributed by atoms with Crippen molar-refractivity contribution in [3.8, 4) is 5.88 Å². The lowest BCUT2D eigenvalue weighted by molar-refractivity contribution is 0.218. The largest absolute Gasteiger partial charge is 0.476 e. The summed E-state index contributed by atoms with van der Waals surface area (Å²) in [6.45, 7) is 3.69. The number of carbonyl (C=O) groups excluding carboxylic acids is 1. The van der Waals surface area contributed by atoms with Crippen molar-refractivity contribution >= 4 is 11.7 Å². The van der Waals surface area contributed by atoms with Gasteiger partial charge in [-0.25, -0.2) is 9.78 Å². The number of aryl methyl sites for hydroxylation is 1. The zero-order valence-corrected chi connectivity index (χ0v) is 13.3. The lowest BCUT2D eigenvalue weighted by atomic mass is 10.4. The Morgan fingerprint density at radius 3 is 3.17 bits per heavy atom. The number of aromatic nitrogens is 4. The highest BCUT2D eigenvalue weighted by Gasteiger charge is 2.20. The number of hydrogen-bond acceptors (Lipinski definition) is 5. The fourth-order valence-corrected chi connectivity index (χ4v) is 2.56. The molecule has 1 aliphatic heterocycles. The van der Waals surface area contributed by atoms with E-state index in [1.54, 1.807) is 30.3 Å². The van der Waals surface area contributed by atoms with Crippen LogP contribution in [-0.4, -0.2) is 44.3 Å². The van der Waals surface area contributed by atoms with Crippen LogP contribution in [0, 0.1) is 0 Å². The van der Waals surface area contributed by atoms with Gasteiger partial charge in [0.15, 0.2) is 5.82 Å². The summed E-state index contributed by atoms with van der Waals surface area (Å²) in [5.74, 6) is 2.23. The van der Waals surface area contributed by atoms with Gasteiger partial charge in [-0.2, -0.15) is 0 Å². The molecule has 0 bridgehead atoms. The molecule has 2 amide bonds. The Morgan fingerprint density at radius 2 is 2.35 bits per heavy atom. The molecule has 1 N–H and O–H groups in total. The van der Waals surface area contributed by atoms with Gasteiger partial charge in [-0.1, -0.05) is 0 Å². The van der Waals surface area contributed by atoms with Crippen LogP contribution in [0.15, 0.2) is 18.3 Å². The number of urea groups is 1. The van der Waals surface area contributed by atoms with Gasteiger partial charge < -0.3 is 19.5 Å². The van der Waals surface area contributed by atoms with Crippen molar-refractivity contribution < 1.29 is 9.53 Å². The first kappa shape index (κ1) is 15.3. The van der Waals surface area contributed by atoms with Crippen LogP contribution < -0.4 is 10.1 Å². The number of carbonyl (C=O) groups is 1. The maximum absolute atomic E-state index is 12.4. The van der Waals surface area contributed by atoms with Crippen LogP contribution in [0.3, 0.4) is 0 Å². The molecule has 0 saturated carbocycles. The molecule has 3 rings (SSSR count). The number of pyridine rings is 1. The van der Waals surface area contributed by atoms with E-state index in [1.165, 1.54) is 0 Å². The third-order valence-electron chi connectivity index (χ3n) is 3.71. The predicted molar refractivity (Wildman–Crippen MR) is 84.2 cm³/mol. The molecule has 0 aromatic carbocycles. The summed E-state index contributed by atoms with van der Waals surface area (Å²) in [5.41, 5.74) is 0.553. The number of hydrogen-bond donors (Lipinski definition) is 1. The molecule has 8 nitrogen and oxygen atoms in total. The molecule has 3 heterocycles. The fourth-order valence-electron chi connectivity index (χ4n) is 2.56. The van der Waals surface area contributed by atoms with Crippen molar-refractivity contribution in [2.24, 2.45) is 0 Å². The maximum Gasteiger partial charge on any atom is 0.322 e. The quantitative estimate of drug-likeness (QED) is 0.907. The number of fused-ring (bicyclic) bond motifs is 1. The minimum Gasteiger partial charge on any atom is -0.476 e. The molecule has 122 valence electrons. The van der Waals surface area contributed by atoms with Crippen LogP contribution >= 0.6 is 0 Å². The van der Waals surface area contributed by atoms with Gasteiger partial charge in [0.05, 0.1) is 13.2 Å². The summed E-state index contributed by atoms with van der Waals surface area (Å²) in [6, 6.07) is 3.27. The number of rotatable bonds is 5. The molecule has 0 unspecified atom stereocenters.